The first kappa shape index (κ1) is 15.5. The van der Waals surface area contributed by atoms with Gasteiger partial charge in [-0.2, -0.15) is 8.42 Å². The summed E-state index contributed by atoms with van der Waals surface area (Å²) in [5.74, 6) is -0.992. The standard InChI is InChI=1S/C12H16O6S/c1-19(16,17)18-10-7-5-9(6-8-10)3-2-4-11(13)12(14)15/h5-8,11,13H,2-4H2,1H3,(H,14,15)/t11-/m1/s1. The highest BCUT2D eigenvalue weighted by Crippen LogP contribution is 2.15. The number of aliphatic carboxylic acids is 1. The lowest BCUT2D eigenvalue weighted by Crippen LogP contribution is -2.19. The van der Waals surface area contributed by atoms with E-state index in [0.717, 1.165) is 11.8 Å². The second-order valence-electron chi connectivity index (χ2n) is 4.18. The van der Waals surface area contributed by atoms with Gasteiger partial charge in [-0.05, 0) is 37.0 Å². The molecule has 0 heterocycles. The number of rotatable bonds is 7. The molecule has 0 aliphatic heterocycles. The van der Waals surface area contributed by atoms with E-state index >= 15 is 0 Å². The molecule has 2 N–H and O–H groups in total. The van der Waals surface area contributed by atoms with E-state index in [-0.39, 0.29) is 12.2 Å². The van der Waals surface area contributed by atoms with Gasteiger partial charge < -0.3 is 14.4 Å². The lowest BCUT2D eigenvalue weighted by molar-refractivity contribution is -0.146. The van der Waals surface area contributed by atoms with Gasteiger partial charge in [-0.1, -0.05) is 12.1 Å². The van der Waals surface area contributed by atoms with Crippen molar-refractivity contribution < 1.29 is 27.6 Å². The van der Waals surface area contributed by atoms with Gasteiger partial charge in [0.25, 0.3) is 0 Å². The summed E-state index contributed by atoms with van der Waals surface area (Å²) in [6, 6.07) is 6.47. The molecule has 1 aromatic carbocycles. The molecular formula is C12H16O6S. The minimum atomic E-state index is -3.53. The fourth-order valence-corrected chi connectivity index (χ4v) is 1.97. The number of carboxylic acids is 1. The predicted octanol–water partition coefficient (Wildman–Crippen LogP) is 0.793. The molecule has 1 aromatic rings. The van der Waals surface area contributed by atoms with Crippen LogP contribution >= 0.6 is 0 Å². The Balaban J connectivity index is 2.47. The third kappa shape index (κ3) is 6.21. The van der Waals surface area contributed by atoms with E-state index in [0.29, 0.717) is 12.8 Å². The zero-order valence-electron chi connectivity index (χ0n) is 10.4. The van der Waals surface area contributed by atoms with Crippen LogP contribution in [0.15, 0.2) is 24.3 Å². The molecule has 0 saturated heterocycles. The number of carbonyl (C=O) groups is 1. The minimum absolute atomic E-state index is 0.178. The third-order valence-corrected chi connectivity index (χ3v) is 2.89. The van der Waals surface area contributed by atoms with Crippen LogP contribution in [0.5, 0.6) is 5.75 Å². The average Bonchev–Trinajstić information content (AvgIpc) is 2.29. The second kappa shape index (κ2) is 6.53. The lowest BCUT2D eigenvalue weighted by Gasteiger charge is -2.06. The van der Waals surface area contributed by atoms with E-state index < -0.39 is 22.2 Å². The van der Waals surface area contributed by atoms with Gasteiger partial charge in [0.15, 0.2) is 6.10 Å². The van der Waals surface area contributed by atoms with Gasteiger partial charge in [-0.25, -0.2) is 4.79 Å². The summed E-state index contributed by atoms with van der Waals surface area (Å²) < 4.78 is 26.5. The first-order valence-corrected chi connectivity index (χ1v) is 7.49. The van der Waals surface area contributed by atoms with Crippen LogP contribution in [0.3, 0.4) is 0 Å². The monoisotopic (exact) mass is 288 g/mol. The molecule has 6 nitrogen and oxygen atoms in total. The molecule has 0 fully saturated rings. The van der Waals surface area contributed by atoms with Crippen molar-refractivity contribution in [3.8, 4) is 5.75 Å². The van der Waals surface area contributed by atoms with Gasteiger partial charge >= 0.3 is 16.1 Å². The Morgan fingerprint density at radius 2 is 1.89 bits per heavy atom. The van der Waals surface area contributed by atoms with Gasteiger partial charge in [0.2, 0.25) is 0 Å². The summed E-state index contributed by atoms with van der Waals surface area (Å²) in [6.07, 6.45) is 0.932. The van der Waals surface area contributed by atoms with Gasteiger partial charge in [-0.15, -0.1) is 0 Å². The lowest BCUT2D eigenvalue weighted by atomic mass is 10.1. The molecule has 0 bridgehead atoms. The van der Waals surface area contributed by atoms with E-state index in [9.17, 15) is 13.2 Å². The van der Waals surface area contributed by atoms with E-state index in [2.05, 4.69) is 4.18 Å². The summed E-state index contributed by atoms with van der Waals surface area (Å²) in [5, 5.41) is 17.6. The zero-order valence-corrected chi connectivity index (χ0v) is 11.3. The Labute approximate surface area is 111 Å². The van der Waals surface area contributed by atoms with E-state index in [1.54, 1.807) is 12.1 Å². The maximum atomic E-state index is 10.9. The normalized spacial score (nSPS) is 12.9. The van der Waals surface area contributed by atoms with Crippen LogP contribution in [0.1, 0.15) is 18.4 Å². The maximum absolute atomic E-state index is 10.9. The summed E-state index contributed by atoms with van der Waals surface area (Å²) >= 11 is 0. The molecule has 7 heteroatoms. The third-order valence-electron chi connectivity index (χ3n) is 2.40. The molecule has 0 radical (unpaired) electrons. The SMILES string of the molecule is CS(=O)(=O)Oc1ccc(CCC[C@@H](O)C(=O)O)cc1. The first-order valence-electron chi connectivity index (χ1n) is 5.67. The van der Waals surface area contributed by atoms with Crippen molar-refractivity contribution in [2.24, 2.45) is 0 Å². The number of aliphatic hydroxyl groups excluding tert-OH is 1. The molecular weight excluding hydrogens is 272 g/mol. The Morgan fingerprint density at radius 3 is 2.37 bits per heavy atom. The smallest absolute Gasteiger partial charge is 0.332 e. The highest BCUT2D eigenvalue weighted by atomic mass is 32.2. The molecule has 0 saturated carbocycles. The van der Waals surface area contributed by atoms with E-state index in [1.165, 1.54) is 12.1 Å². The van der Waals surface area contributed by atoms with Crippen LogP contribution in [0.2, 0.25) is 0 Å². The molecule has 1 atom stereocenters. The van der Waals surface area contributed by atoms with Gasteiger partial charge in [0.05, 0.1) is 6.26 Å². The van der Waals surface area contributed by atoms with E-state index in [4.69, 9.17) is 10.2 Å². The second-order valence-corrected chi connectivity index (χ2v) is 5.75. The topological polar surface area (TPSA) is 101 Å². The number of benzene rings is 1. The van der Waals surface area contributed by atoms with Crippen molar-refractivity contribution in [1.29, 1.82) is 0 Å². The number of hydrogen-bond donors (Lipinski definition) is 2. The Hall–Kier alpha value is -1.60. The average molecular weight is 288 g/mol. The minimum Gasteiger partial charge on any atom is -0.479 e. The highest BCUT2D eigenvalue weighted by molar-refractivity contribution is 7.86. The van der Waals surface area contributed by atoms with Crippen molar-refractivity contribution in [3.05, 3.63) is 29.8 Å². The zero-order chi connectivity index (χ0) is 14.5. The molecule has 1 rings (SSSR count). The Morgan fingerprint density at radius 1 is 1.32 bits per heavy atom. The number of aryl methyl sites for hydroxylation is 1. The van der Waals surface area contributed by atoms with Gasteiger partial charge in [-0.3, -0.25) is 0 Å². The fourth-order valence-electron chi connectivity index (χ4n) is 1.51. The number of carboxylic acid groups (broad SMARTS) is 1. The van der Waals surface area contributed by atoms with Crippen molar-refractivity contribution in [2.45, 2.75) is 25.4 Å². The van der Waals surface area contributed by atoms with Crippen LogP contribution in [-0.2, 0) is 21.3 Å². The maximum Gasteiger partial charge on any atom is 0.332 e. The number of hydrogen-bond acceptors (Lipinski definition) is 5. The molecule has 0 aromatic heterocycles. The first-order chi connectivity index (χ1) is 8.78. The van der Waals surface area contributed by atoms with Crippen molar-refractivity contribution in [2.75, 3.05) is 6.26 Å². The Kier molecular flexibility index (Phi) is 5.31. The van der Waals surface area contributed by atoms with E-state index in [1.807, 2.05) is 0 Å². The van der Waals surface area contributed by atoms with Crippen molar-refractivity contribution in [3.63, 3.8) is 0 Å². The van der Waals surface area contributed by atoms with Crippen LogP contribution in [-0.4, -0.2) is 37.0 Å². The largest absolute Gasteiger partial charge is 0.479 e. The summed E-state index contributed by atoms with van der Waals surface area (Å²) in [7, 11) is -3.53. The fraction of sp³-hybridized carbons (Fsp3) is 0.417. The quantitative estimate of drug-likeness (QED) is 0.719. The molecule has 0 spiro atoms. The van der Waals surface area contributed by atoms with Crippen LogP contribution in [0, 0.1) is 0 Å². The van der Waals surface area contributed by atoms with Crippen LogP contribution in [0.25, 0.3) is 0 Å². The molecule has 0 aliphatic rings. The molecule has 19 heavy (non-hydrogen) atoms. The van der Waals surface area contributed by atoms with Crippen molar-refractivity contribution in [1.82, 2.24) is 0 Å². The molecule has 0 unspecified atom stereocenters. The van der Waals surface area contributed by atoms with Crippen LogP contribution < -0.4 is 4.18 Å². The number of aliphatic hydroxyl groups is 1. The molecule has 106 valence electrons. The summed E-state index contributed by atoms with van der Waals surface area (Å²) in [5.41, 5.74) is 0.915. The van der Waals surface area contributed by atoms with Crippen molar-refractivity contribution >= 4 is 16.1 Å². The summed E-state index contributed by atoms with van der Waals surface area (Å²) in [6.45, 7) is 0. The van der Waals surface area contributed by atoms with Gasteiger partial charge in [0.1, 0.15) is 5.75 Å². The summed E-state index contributed by atoms with van der Waals surface area (Å²) in [4.78, 5) is 10.4. The van der Waals surface area contributed by atoms with Gasteiger partial charge in [0, 0.05) is 0 Å². The predicted molar refractivity (Wildman–Crippen MR) is 68.5 cm³/mol. The van der Waals surface area contributed by atoms with Crippen LogP contribution in [0.4, 0.5) is 0 Å². The molecule has 0 amide bonds. The molecule has 0 aliphatic carbocycles. The Bertz CT molecular complexity index is 520. The highest BCUT2D eigenvalue weighted by Gasteiger charge is 2.12.